The summed E-state index contributed by atoms with van der Waals surface area (Å²) < 4.78 is 9.32. The van der Waals surface area contributed by atoms with Crippen LogP contribution in [0.1, 0.15) is 0 Å². The largest absolute Gasteiger partial charge is 0.455 e. The molecule has 0 unspecified atom stereocenters. The van der Waals surface area contributed by atoms with Gasteiger partial charge in [0.15, 0.2) is 5.82 Å². The van der Waals surface area contributed by atoms with Crippen molar-refractivity contribution in [1.29, 1.82) is 0 Å². The van der Waals surface area contributed by atoms with Crippen molar-refractivity contribution in [3.8, 4) is 67.4 Å². The van der Waals surface area contributed by atoms with E-state index in [1.54, 1.807) is 0 Å². The Balaban J connectivity index is 0.938. The van der Waals surface area contributed by atoms with Crippen LogP contribution >= 0.6 is 11.3 Å². The topological polar surface area (TPSA) is 51.8 Å². The van der Waals surface area contributed by atoms with Gasteiger partial charge in [0.1, 0.15) is 11.2 Å². The van der Waals surface area contributed by atoms with Crippen molar-refractivity contribution in [3.63, 3.8) is 0 Å². The summed E-state index contributed by atoms with van der Waals surface area (Å²) in [7, 11) is 0. The van der Waals surface area contributed by atoms with E-state index in [-0.39, 0.29) is 0 Å². The molecule has 4 aromatic heterocycles. The van der Waals surface area contributed by atoms with Gasteiger partial charge in [-0.3, -0.25) is 0 Å². The molecule has 0 aliphatic heterocycles. The number of pyridine rings is 1. The molecule has 0 atom stereocenters. The predicted molar refractivity (Wildman–Crippen MR) is 268 cm³/mol. The molecular weight excluding hydrogens is 799 g/mol. The summed E-state index contributed by atoms with van der Waals surface area (Å²) in [4.78, 5) is 15.5. The van der Waals surface area contributed by atoms with Crippen LogP contribution in [0.4, 0.5) is 0 Å². The molecule has 5 heteroatoms. The monoisotopic (exact) mass is 833 g/mol. The van der Waals surface area contributed by atoms with Gasteiger partial charge in [-0.25, -0.2) is 15.0 Å². The first-order valence-corrected chi connectivity index (χ1v) is 22.3. The van der Waals surface area contributed by atoms with E-state index in [4.69, 9.17) is 19.4 Å². The molecule has 4 nitrogen and oxygen atoms in total. The second-order valence-corrected chi connectivity index (χ2v) is 17.4. The van der Waals surface area contributed by atoms with Crippen molar-refractivity contribution in [2.45, 2.75) is 0 Å². The van der Waals surface area contributed by atoms with Crippen molar-refractivity contribution in [2.24, 2.45) is 0 Å². The molecule has 0 radical (unpaired) electrons. The number of rotatable bonds is 6. The average molecular weight is 834 g/mol. The molecule has 0 saturated carbocycles. The highest BCUT2D eigenvalue weighted by Crippen LogP contribution is 2.45. The molecule has 4 heterocycles. The fraction of sp³-hybridized carbons (Fsp3) is 0. The van der Waals surface area contributed by atoms with Gasteiger partial charge in [0, 0.05) is 74.9 Å². The van der Waals surface area contributed by atoms with Gasteiger partial charge in [0.25, 0.3) is 0 Å². The van der Waals surface area contributed by atoms with E-state index in [0.29, 0.717) is 5.82 Å². The van der Waals surface area contributed by atoms with Gasteiger partial charge in [-0.05, 0) is 71.3 Å². The molecule has 0 amide bonds. The highest BCUT2D eigenvalue weighted by molar-refractivity contribution is 7.26. The molecule has 0 bridgehead atoms. The van der Waals surface area contributed by atoms with Gasteiger partial charge in [-0.15, -0.1) is 11.3 Å². The van der Waals surface area contributed by atoms with E-state index in [9.17, 15) is 0 Å². The summed E-state index contributed by atoms with van der Waals surface area (Å²) in [6.07, 6.45) is 0. The molecular formula is C59H35N3OS. The highest BCUT2D eigenvalue weighted by atomic mass is 32.1. The minimum Gasteiger partial charge on any atom is -0.455 e. The van der Waals surface area contributed by atoms with Crippen molar-refractivity contribution in [2.75, 3.05) is 0 Å². The SMILES string of the molecule is c1ccc(-c2cc(-c3ccc4oc5c(-c6cccc(-c7ccc8nc(-c9ccccc9)c9ccc%10sc%11ccccc%11c%10c9c8c7)c6)cccc5c4c3)nc(-c3ccccc3)n2)cc1. The number of hydrogen-bond acceptors (Lipinski definition) is 5. The van der Waals surface area contributed by atoms with Gasteiger partial charge in [0.2, 0.25) is 0 Å². The maximum atomic E-state index is 6.74. The summed E-state index contributed by atoms with van der Waals surface area (Å²) in [6, 6.07) is 74.8. The molecule has 0 fully saturated rings. The van der Waals surface area contributed by atoms with Gasteiger partial charge in [-0.1, -0.05) is 158 Å². The van der Waals surface area contributed by atoms with E-state index >= 15 is 0 Å². The summed E-state index contributed by atoms with van der Waals surface area (Å²) in [5.41, 5.74) is 14.0. The number of nitrogens with zero attached hydrogens (tertiary/aromatic N) is 3. The van der Waals surface area contributed by atoms with E-state index in [1.807, 2.05) is 47.7 Å². The molecule has 0 N–H and O–H groups in total. The third kappa shape index (κ3) is 6.01. The summed E-state index contributed by atoms with van der Waals surface area (Å²) >= 11 is 1.85. The van der Waals surface area contributed by atoms with Crippen molar-refractivity contribution in [3.05, 3.63) is 212 Å². The second kappa shape index (κ2) is 14.7. The molecule has 9 aromatic carbocycles. The number of para-hydroxylation sites is 1. The number of fused-ring (bicyclic) bond motifs is 10. The Kier molecular flexibility index (Phi) is 8.36. The van der Waals surface area contributed by atoms with Gasteiger partial charge in [0.05, 0.1) is 22.6 Å². The van der Waals surface area contributed by atoms with E-state index in [2.05, 4.69) is 176 Å². The third-order valence-corrected chi connectivity index (χ3v) is 13.6. The zero-order valence-corrected chi connectivity index (χ0v) is 35.2. The maximum Gasteiger partial charge on any atom is 0.160 e. The first-order chi connectivity index (χ1) is 31.7. The normalized spacial score (nSPS) is 11.8. The number of furan rings is 1. The smallest absolute Gasteiger partial charge is 0.160 e. The lowest BCUT2D eigenvalue weighted by atomic mass is 9.93. The average Bonchev–Trinajstić information content (AvgIpc) is 3.95. The van der Waals surface area contributed by atoms with Gasteiger partial charge >= 0.3 is 0 Å². The summed E-state index contributed by atoms with van der Waals surface area (Å²) in [6.45, 7) is 0. The standard InChI is InChI=1S/C59H35N3OS/c1-4-14-36(15-5-1)50-35-51(62-59(61-50)38-18-8-3-9-19-38)42-27-30-52-47(34-42)44-24-13-23-43(58(44)63-52)41-21-12-20-39(32-41)40-26-29-49-48(33-40)55-46(57(60-49)37-16-6-2-7-17-37)28-31-54-56(55)45-22-10-11-25-53(45)64-54/h1-35H. The minimum absolute atomic E-state index is 0.692. The van der Waals surface area contributed by atoms with Crippen LogP contribution in [0.2, 0.25) is 0 Å². The van der Waals surface area contributed by atoms with Crippen molar-refractivity contribution in [1.82, 2.24) is 15.0 Å². The Hall–Kier alpha value is -8.25. The van der Waals surface area contributed by atoms with E-state index in [0.717, 1.165) is 99.8 Å². The Morgan fingerprint density at radius 3 is 1.81 bits per heavy atom. The molecule has 0 aliphatic carbocycles. The minimum atomic E-state index is 0.692. The number of aromatic nitrogens is 3. The Labute approximate surface area is 372 Å². The molecule has 0 saturated heterocycles. The van der Waals surface area contributed by atoms with Crippen molar-refractivity contribution >= 4 is 75.1 Å². The Morgan fingerprint density at radius 2 is 0.984 bits per heavy atom. The molecule has 64 heavy (non-hydrogen) atoms. The predicted octanol–water partition coefficient (Wildman–Crippen LogP) is 16.4. The van der Waals surface area contributed by atoms with Gasteiger partial charge in [-0.2, -0.15) is 0 Å². The lowest BCUT2D eigenvalue weighted by Crippen LogP contribution is -1.95. The van der Waals surface area contributed by atoms with E-state index in [1.165, 1.54) is 25.6 Å². The van der Waals surface area contributed by atoms with Crippen LogP contribution in [0, 0.1) is 0 Å². The van der Waals surface area contributed by atoms with Crippen LogP contribution in [-0.4, -0.2) is 15.0 Å². The fourth-order valence-electron chi connectivity index (χ4n) is 9.42. The number of hydrogen-bond donors (Lipinski definition) is 0. The van der Waals surface area contributed by atoms with Crippen LogP contribution in [-0.2, 0) is 0 Å². The van der Waals surface area contributed by atoms with Crippen LogP contribution in [0.3, 0.4) is 0 Å². The lowest BCUT2D eigenvalue weighted by Gasteiger charge is -2.13. The Morgan fingerprint density at radius 1 is 0.344 bits per heavy atom. The molecule has 298 valence electrons. The molecule has 0 spiro atoms. The second-order valence-electron chi connectivity index (χ2n) is 16.3. The van der Waals surface area contributed by atoms with Crippen LogP contribution in [0.5, 0.6) is 0 Å². The molecule has 13 rings (SSSR count). The summed E-state index contributed by atoms with van der Waals surface area (Å²) in [5.74, 6) is 0.692. The number of benzene rings is 9. The summed E-state index contributed by atoms with van der Waals surface area (Å²) in [5, 5.41) is 8.24. The fourth-order valence-corrected chi connectivity index (χ4v) is 10.5. The van der Waals surface area contributed by atoms with Crippen LogP contribution < -0.4 is 0 Å². The zero-order valence-electron chi connectivity index (χ0n) is 34.4. The molecule has 13 aromatic rings. The van der Waals surface area contributed by atoms with E-state index < -0.39 is 0 Å². The number of thiophene rings is 1. The van der Waals surface area contributed by atoms with Crippen LogP contribution in [0.15, 0.2) is 217 Å². The first kappa shape index (κ1) is 36.4. The third-order valence-electron chi connectivity index (χ3n) is 12.5. The zero-order chi connectivity index (χ0) is 42.1. The van der Waals surface area contributed by atoms with Gasteiger partial charge < -0.3 is 4.42 Å². The lowest BCUT2D eigenvalue weighted by molar-refractivity contribution is 0.670. The Bertz CT molecular complexity index is 3890. The first-order valence-electron chi connectivity index (χ1n) is 21.5. The highest BCUT2D eigenvalue weighted by Gasteiger charge is 2.19. The molecule has 0 aliphatic rings. The maximum absolute atomic E-state index is 6.74. The van der Waals surface area contributed by atoms with Crippen molar-refractivity contribution < 1.29 is 4.42 Å². The van der Waals surface area contributed by atoms with Crippen LogP contribution in [0.25, 0.3) is 131 Å². The quantitative estimate of drug-likeness (QED) is 0.157.